The molecule has 1 aliphatic carbocycles. The molecule has 7 heteroatoms. The van der Waals surface area contributed by atoms with Crippen LogP contribution in [0, 0.1) is 12.3 Å². The van der Waals surface area contributed by atoms with Crippen molar-refractivity contribution in [3.05, 3.63) is 77.1 Å². The van der Waals surface area contributed by atoms with Gasteiger partial charge >= 0.3 is 5.97 Å². The van der Waals surface area contributed by atoms with Gasteiger partial charge in [0.1, 0.15) is 17.6 Å². The molecule has 1 atom stereocenters. The van der Waals surface area contributed by atoms with Gasteiger partial charge in [0.05, 0.1) is 12.3 Å². The number of hydrogen-bond donors (Lipinski definition) is 1. The van der Waals surface area contributed by atoms with E-state index < -0.39 is 12.0 Å². The lowest BCUT2D eigenvalue weighted by Crippen LogP contribution is -2.48. The average Bonchev–Trinajstić information content (AvgIpc) is 3.47. The van der Waals surface area contributed by atoms with Gasteiger partial charge in [-0.05, 0) is 61.4 Å². The quantitative estimate of drug-likeness (QED) is 0.349. The maximum absolute atomic E-state index is 12.7. The molecule has 7 nitrogen and oxygen atoms in total. The van der Waals surface area contributed by atoms with Crippen LogP contribution in [-0.2, 0) is 29.0 Å². The van der Waals surface area contributed by atoms with E-state index in [4.69, 9.17) is 9.15 Å². The van der Waals surface area contributed by atoms with Crippen LogP contribution in [0.3, 0.4) is 0 Å². The number of hydrogen-bond acceptors (Lipinski definition) is 5. The highest BCUT2D eigenvalue weighted by Crippen LogP contribution is 2.39. The smallest absolute Gasteiger partial charge is 0.326 e. The molecule has 2 aliphatic rings. The topological polar surface area (TPSA) is 92.9 Å². The summed E-state index contributed by atoms with van der Waals surface area (Å²) in [5.74, 6) is 0.782. The summed E-state index contributed by atoms with van der Waals surface area (Å²) in [7, 11) is 0. The molecule has 0 radical (unpaired) electrons. The van der Waals surface area contributed by atoms with E-state index >= 15 is 0 Å². The van der Waals surface area contributed by atoms with Crippen molar-refractivity contribution in [2.45, 2.75) is 71.9 Å². The van der Waals surface area contributed by atoms with Crippen molar-refractivity contribution >= 4 is 18.0 Å². The number of carbonyl (C=O) groups excluding carboxylic acids is 1. The number of oxazole rings is 1. The lowest BCUT2D eigenvalue weighted by atomic mass is 9.88. The average molecular weight is 505 g/mol. The standard InChI is InChI=1S/C30H36N2O5/c1-4-5-6-9-28(33)32-20-23-18-24(11-10-22(23)19-26(32)29(34)35)36-17-13-25-21(2)37-27(31-25)12-16-30(3)14-7-8-15-30/h4-6,9-12,16,18,26H,7-8,13-15,17,19-20H2,1-3H3,(H,34,35)/b5-4+,9-6+,16-12+/t26-/m0/s1. The summed E-state index contributed by atoms with van der Waals surface area (Å²) in [4.78, 5) is 30.5. The third kappa shape index (κ3) is 6.59. The van der Waals surface area contributed by atoms with Crippen molar-refractivity contribution in [3.63, 3.8) is 0 Å². The third-order valence-corrected chi connectivity index (χ3v) is 7.31. The monoisotopic (exact) mass is 504 g/mol. The van der Waals surface area contributed by atoms with E-state index in [-0.39, 0.29) is 24.3 Å². The van der Waals surface area contributed by atoms with Crippen LogP contribution in [0.25, 0.3) is 6.08 Å². The Bertz CT molecular complexity index is 1220. The zero-order chi connectivity index (χ0) is 26.4. The number of ether oxygens (including phenoxy) is 1. The fourth-order valence-corrected chi connectivity index (χ4v) is 5.09. The van der Waals surface area contributed by atoms with Crippen LogP contribution >= 0.6 is 0 Å². The normalized spacial score (nSPS) is 19.2. The molecule has 0 unspecified atom stereocenters. The maximum Gasteiger partial charge on any atom is 0.326 e. The minimum atomic E-state index is -1.01. The number of nitrogens with zero attached hydrogens (tertiary/aromatic N) is 2. The Morgan fingerprint density at radius 2 is 2.03 bits per heavy atom. The Morgan fingerprint density at radius 3 is 2.76 bits per heavy atom. The number of carbonyl (C=O) groups is 2. The van der Waals surface area contributed by atoms with Crippen molar-refractivity contribution in [3.8, 4) is 5.75 Å². The summed E-state index contributed by atoms with van der Waals surface area (Å²) >= 11 is 0. The van der Waals surface area contributed by atoms with Gasteiger partial charge in [-0.2, -0.15) is 0 Å². The number of amides is 1. The Kier molecular flexibility index (Phi) is 8.31. The SMILES string of the molecule is C/C=C/C=C/C(=O)N1Cc2cc(OCCc3nc(/C=C/C4(C)CCCC4)oc3C)ccc2C[C@H]1C(=O)O. The number of fused-ring (bicyclic) bond motifs is 1. The first kappa shape index (κ1) is 26.5. The molecule has 196 valence electrons. The van der Waals surface area contributed by atoms with Crippen LogP contribution in [0.1, 0.15) is 68.0 Å². The molecular weight excluding hydrogens is 468 g/mol. The van der Waals surface area contributed by atoms with E-state index in [2.05, 4.69) is 18.0 Å². The molecule has 0 spiro atoms. The molecule has 2 heterocycles. The fourth-order valence-electron chi connectivity index (χ4n) is 5.09. The van der Waals surface area contributed by atoms with E-state index in [0.29, 0.717) is 24.7 Å². The summed E-state index contributed by atoms with van der Waals surface area (Å²) in [6, 6.07) is 4.76. The van der Waals surface area contributed by atoms with Crippen molar-refractivity contribution < 1.29 is 23.8 Å². The van der Waals surface area contributed by atoms with Gasteiger partial charge in [0.25, 0.3) is 0 Å². The van der Waals surface area contributed by atoms with Gasteiger partial charge in [-0.25, -0.2) is 9.78 Å². The number of aromatic nitrogens is 1. The van der Waals surface area contributed by atoms with Crippen LogP contribution in [0.15, 0.2) is 53.0 Å². The molecule has 1 saturated carbocycles. The lowest BCUT2D eigenvalue weighted by molar-refractivity contribution is -0.149. The van der Waals surface area contributed by atoms with Crippen LogP contribution < -0.4 is 4.74 Å². The number of aliphatic carboxylic acids is 1. The number of allylic oxidation sites excluding steroid dienone is 4. The number of carboxylic acids is 1. The summed E-state index contributed by atoms with van der Waals surface area (Å²) in [6.45, 7) is 6.71. The van der Waals surface area contributed by atoms with Gasteiger partial charge in [-0.3, -0.25) is 4.79 Å². The highest BCUT2D eigenvalue weighted by molar-refractivity contribution is 5.92. The highest BCUT2D eigenvalue weighted by atomic mass is 16.5. The van der Waals surface area contributed by atoms with E-state index in [1.165, 1.54) is 36.7 Å². The molecule has 1 aromatic heterocycles. The predicted octanol–water partition coefficient (Wildman–Crippen LogP) is 5.67. The zero-order valence-electron chi connectivity index (χ0n) is 21.9. The predicted molar refractivity (Wildman–Crippen MR) is 142 cm³/mol. The van der Waals surface area contributed by atoms with Crippen molar-refractivity contribution in [1.29, 1.82) is 0 Å². The van der Waals surface area contributed by atoms with E-state index in [1.54, 1.807) is 12.2 Å². The molecule has 0 bridgehead atoms. The molecule has 1 fully saturated rings. The molecule has 37 heavy (non-hydrogen) atoms. The van der Waals surface area contributed by atoms with Crippen LogP contribution in [0.5, 0.6) is 5.75 Å². The van der Waals surface area contributed by atoms with Crippen molar-refractivity contribution in [2.24, 2.45) is 5.41 Å². The number of carboxylic acid groups (broad SMARTS) is 1. The summed E-state index contributed by atoms with van der Waals surface area (Å²) in [5, 5.41) is 9.68. The second-order valence-corrected chi connectivity index (χ2v) is 10.2. The lowest BCUT2D eigenvalue weighted by Gasteiger charge is -2.34. The summed E-state index contributed by atoms with van der Waals surface area (Å²) < 4.78 is 11.9. The summed E-state index contributed by atoms with van der Waals surface area (Å²) in [6.07, 6.45) is 16.7. The molecule has 1 aromatic carbocycles. The molecular formula is C30H36N2O5. The van der Waals surface area contributed by atoms with E-state index in [9.17, 15) is 14.7 Å². The first-order chi connectivity index (χ1) is 17.8. The van der Waals surface area contributed by atoms with Gasteiger partial charge < -0.3 is 19.2 Å². The second kappa shape index (κ2) is 11.6. The molecule has 1 N–H and O–H groups in total. The molecule has 2 aromatic rings. The Hall–Kier alpha value is -3.61. The number of rotatable bonds is 9. The molecule has 1 aliphatic heterocycles. The Balaban J connectivity index is 1.38. The fraction of sp³-hybridized carbons (Fsp3) is 0.433. The van der Waals surface area contributed by atoms with Gasteiger partial charge in [0.15, 0.2) is 0 Å². The van der Waals surface area contributed by atoms with Gasteiger partial charge in [0.2, 0.25) is 11.8 Å². The highest BCUT2D eigenvalue weighted by Gasteiger charge is 2.34. The van der Waals surface area contributed by atoms with E-state index in [0.717, 1.165) is 22.6 Å². The Labute approximate surface area is 218 Å². The molecule has 1 amide bonds. The molecule has 4 rings (SSSR count). The number of aryl methyl sites for hydroxylation is 1. The van der Waals surface area contributed by atoms with Crippen LogP contribution in [0.4, 0.5) is 0 Å². The van der Waals surface area contributed by atoms with Crippen LogP contribution in [-0.4, -0.2) is 39.5 Å². The maximum atomic E-state index is 12.7. The molecule has 0 saturated heterocycles. The third-order valence-electron chi connectivity index (χ3n) is 7.31. The second-order valence-electron chi connectivity index (χ2n) is 10.2. The Morgan fingerprint density at radius 1 is 1.24 bits per heavy atom. The first-order valence-electron chi connectivity index (χ1n) is 13.0. The zero-order valence-corrected chi connectivity index (χ0v) is 21.9. The van der Waals surface area contributed by atoms with Gasteiger partial charge in [0, 0.05) is 25.5 Å². The van der Waals surface area contributed by atoms with Crippen LogP contribution in [0.2, 0.25) is 0 Å². The minimum absolute atomic E-state index is 0.222. The summed E-state index contributed by atoms with van der Waals surface area (Å²) in [5.41, 5.74) is 2.93. The van der Waals surface area contributed by atoms with Gasteiger partial charge in [-0.1, -0.05) is 50.1 Å². The minimum Gasteiger partial charge on any atom is -0.493 e. The van der Waals surface area contributed by atoms with Crippen molar-refractivity contribution in [2.75, 3.05) is 6.61 Å². The van der Waals surface area contributed by atoms with Crippen molar-refractivity contribution in [1.82, 2.24) is 9.88 Å². The largest absolute Gasteiger partial charge is 0.493 e. The number of benzene rings is 1. The van der Waals surface area contributed by atoms with E-state index in [1.807, 2.05) is 44.2 Å². The van der Waals surface area contributed by atoms with Gasteiger partial charge in [-0.15, -0.1) is 0 Å². The first-order valence-corrected chi connectivity index (χ1v) is 13.0.